The van der Waals surface area contributed by atoms with Crippen molar-refractivity contribution in [3.8, 4) is 11.6 Å². The third-order valence-corrected chi connectivity index (χ3v) is 2.66. The van der Waals surface area contributed by atoms with Gasteiger partial charge in [-0.1, -0.05) is 6.07 Å². The lowest BCUT2D eigenvalue weighted by Gasteiger charge is -2.05. The fraction of sp³-hybridized carbons (Fsp3) is 0. The van der Waals surface area contributed by atoms with Gasteiger partial charge in [0.05, 0.1) is 17.2 Å². The van der Waals surface area contributed by atoms with E-state index in [1.165, 1.54) is 24.4 Å². The van der Waals surface area contributed by atoms with E-state index in [9.17, 15) is 10.1 Å². The molecule has 1 N–H and O–H groups in total. The Labute approximate surface area is 116 Å². The highest BCUT2D eigenvalue weighted by atomic mass is 35.5. The molecule has 0 aliphatic heterocycles. The van der Waals surface area contributed by atoms with Crippen molar-refractivity contribution in [3.05, 3.63) is 45.9 Å². The van der Waals surface area contributed by atoms with Crippen molar-refractivity contribution in [1.82, 2.24) is 20.2 Å². The van der Waals surface area contributed by atoms with Gasteiger partial charge in [0.2, 0.25) is 11.2 Å². The van der Waals surface area contributed by atoms with E-state index in [0.717, 1.165) is 0 Å². The maximum atomic E-state index is 10.7. The van der Waals surface area contributed by atoms with Gasteiger partial charge >= 0.3 is 0 Å². The second-order valence-corrected chi connectivity index (χ2v) is 4.12. The van der Waals surface area contributed by atoms with Crippen LogP contribution in [0.1, 0.15) is 0 Å². The molecule has 0 saturated heterocycles. The summed E-state index contributed by atoms with van der Waals surface area (Å²) in [6.45, 7) is 0. The van der Waals surface area contributed by atoms with Crippen LogP contribution in [0, 0.1) is 10.1 Å². The van der Waals surface area contributed by atoms with Gasteiger partial charge in [-0.2, -0.15) is 15.1 Å². The van der Waals surface area contributed by atoms with E-state index in [1.54, 1.807) is 6.07 Å². The van der Waals surface area contributed by atoms with E-state index in [4.69, 9.17) is 16.3 Å². The Morgan fingerprint density at radius 2 is 2.20 bits per heavy atom. The lowest BCUT2D eigenvalue weighted by Crippen LogP contribution is -1.93. The summed E-state index contributed by atoms with van der Waals surface area (Å²) in [5.74, 6) is 0.450. The Morgan fingerprint density at radius 1 is 1.35 bits per heavy atom. The number of nitro benzene ring substituents is 1. The summed E-state index contributed by atoms with van der Waals surface area (Å²) in [5, 5.41) is 17.7. The van der Waals surface area contributed by atoms with Crippen LogP contribution in [-0.2, 0) is 0 Å². The largest absolute Gasteiger partial charge is 0.438 e. The van der Waals surface area contributed by atoms with Gasteiger partial charge in [-0.25, -0.2) is 0 Å². The number of rotatable bonds is 3. The van der Waals surface area contributed by atoms with Crippen LogP contribution >= 0.6 is 11.6 Å². The zero-order valence-electron chi connectivity index (χ0n) is 9.78. The summed E-state index contributed by atoms with van der Waals surface area (Å²) in [6, 6.07) is 5.76. The Morgan fingerprint density at radius 3 is 3.00 bits per heavy atom. The number of non-ortho nitro benzene ring substituents is 1. The minimum absolute atomic E-state index is 0.0119. The minimum atomic E-state index is -0.507. The van der Waals surface area contributed by atoms with E-state index >= 15 is 0 Å². The van der Waals surface area contributed by atoms with Gasteiger partial charge in [-0.05, 0) is 17.7 Å². The number of aromatic amines is 1. The molecule has 20 heavy (non-hydrogen) atoms. The molecular weight excluding hydrogens is 286 g/mol. The number of benzene rings is 1. The third-order valence-electron chi connectivity index (χ3n) is 2.49. The molecule has 0 bridgehead atoms. The molecule has 0 saturated carbocycles. The molecule has 3 rings (SSSR count). The predicted molar refractivity (Wildman–Crippen MR) is 69.9 cm³/mol. The number of hydrogen-bond acceptors (Lipinski definition) is 6. The highest BCUT2D eigenvalue weighted by molar-refractivity contribution is 6.28. The summed E-state index contributed by atoms with van der Waals surface area (Å²) in [5.41, 5.74) is 0.344. The van der Waals surface area contributed by atoms with Gasteiger partial charge in [0.1, 0.15) is 11.1 Å². The van der Waals surface area contributed by atoms with Gasteiger partial charge < -0.3 is 4.74 Å². The fourth-order valence-corrected chi connectivity index (χ4v) is 1.79. The number of H-pyrrole nitrogens is 1. The van der Waals surface area contributed by atoms with Crippen LogP contribution in [0.25, 0.3) is 11.0 Å². The number of halogens is 1. The van der Waals surface area contributed by atoms with Crippen LogP contribution in [-0.4, -0.2) is 25.1 Å². The molecule has 0 aliphatic carbocycles. The van der Waals surface area contributed by atoms with Crippen LogP contribution < -0.4 is 4.74 Å². The zero-order chi connectivity index (χ0) is 14.1. The van der Waals surface area contributed by atoms with Crippen molar-refractivity contribution in [3.63, 3.8) is 0 Å². The SMILES string of the molecule is O=[N+]([O-])c1cccc(Oc2nc(Cl)nc3[nH]ncc23)c1. The van der Waals surface area contributed by atoms with Gasteiger partial charge in [-0.3, -0.25) is 15.2 Å². The van der Waals surface area contributed by atoms with Crippen molar-refractivity contribution in [1.29, 1.82) is 0 Å². The summed E-state index contributed by atoms with van der Waals surface area (Å²) in [6.07, 6.45) is 1.48. The number of fused-ring (bicyclic) bond motifs is 1. The van der Waals surface area contributed by atoms with Crippen molar-refractivity contribution in [2.45, 2.75) is 0 Å². The summed E-state index contributed by atoms with van der Waals surface area (Å²) in [4.78, 5) is 18.1. The molecule has 0 aliphatic rings. The van der Waals surface area contributed by atoms with Crippen LogP contribution in [0.4, 0.5) is 5.69 Å². The summed E-state index contributed by atoms with van der Waals surface area (Å²) in [7, 11) is 0. The van der Waals surface area contributed by atoms with E-state index in [-0.39, 0.29) is 22.6 Å². The van der Waals surface area contributed by atoms with Gasteiger partial charge in [-0.15, -0.1) is 0 Å². The Bertz CT molecular complexity index is 804. The van der Waals surface area contributed by atoms with Crippen molar-refractivity contribution in [2.24, 2.45) is 0 Å². The number of nitrogens with zero attached hydrogens (tertiary/aromatic N) is 4. The second kappa shape index (κ2) is 4.74. The molecule has 0 amide bonds. The fourth-order valence-electron chi connectivity index (χ4n) is 1.63. The predicted octanol–water partition coefficient (Wildman–Crippen LogP) is 2.71. The topological polar surface area (TPSA) is 107 Å². The monoisotopic (exact) mass is 291 g/mol. The first kappa shape index (κ1) is 12.3. The van der Waals surface area contributed by atoms with E-state index in [1.807, 2.05) is 0 Å². The molecule has 9 heteroatoms. The molecule has 2 aromatic heterocycles. The minimum Gasteiger partial charge on any atom is -0.438 e. The summed E-state index contributed by atoms with van der Waals surface area (Å²) < 4.78 is 5.52. The standard InChI is InChI=1S/C11H6ClN5O3/c12-11-14-9-8(5-13-16-9)10(15-11)20-7-3-1-2-6(4-7)17(18)19/h1-5H,(H,13,14,15,16). The number of nitrogens with one attached hydrogen (secondary N) is 1. The van der Waals surface area contributed by atoms with Gasteiger partial charge in [0.15, 0.2) is 5.65 Å². The molecule has 0 radical (unpaired) electrons. The van der Waals surface area contributed by atoms with Crippen LogP contribution in [0.3, 0.4) is 0 Å². The lowest BCUT2D eigenvalue weighted by atomic mass is 10.3. The molecule has 0 unspecified atom stereocenters. The van der Waals surface area contributed by atoms with Crippen LogP contribution in [0.5, 0.6) is 11.6 Å². The number of nitro groups is 1. The van der Waals surface area contributed by atoms with E-state index < -0.39 is 4.92 Å². The molecule has 1 aromatic carbocycles. The second-order valence-electron chi connectivity index (χ2n) is 3.79. The molecule has 8 nitrogen and oxygen atoms in total. The molecule has 2 heterocycles. The molecule has 0 fully saturated rings. The van der Waals surface area contributed by atoms with Crippen molar-refractivity contribution in [2.75, 3.05) is 0 Å². The van der Waals surface area contributed by atoms with Crippen LogP contribution in [0.15, 0.2) is 30.5 Å². The zero-order valence-corrected chi connectivity index (χ0v) is 10.5. The first-order valence-corrected chi connectivity index (χ1v) is 5.80. The Balaban J connectivity index is 2.02. The molecular formula is C11H6ClN5O3. The Kier molecular flexibility index (Phi) is 2.92. The lowest BCUT2D eigenvalue weighted by molar-refractivity contribution is -0.384. The van der Waals surface area contributed by atoms with E-state index in [2.05, 4.69) is 20.2 Å². The van der Waals surface area contributed by atoms with Crippen LogP contribution in [0.2, 0.25) is 5.28 Å². The third kappa shape index (κ3) is 2.24. The van der Waals surface area contributed by atoms with Crippen molar-refractivity contribution < 1.29 is 9.66 Å². The average Bonchev–Trinajstić information content (AvgIpc) is 2.87. The average molecular weight is 292 g/mol. The highest BCUT2D eigenvalue weighted by Crippen LogP contribution is 2.29. The van der Waals surface area contributed by atoms with E-state index in [0.29, 0.717) is 11.0 Å². The number of ether oxygens (including phenoxy) is 1. The first-order valence-electron chi connectivity index (χ1n) is 5.42. The number of aromatic nitrogens is 4. The molecule has 0 atom stereocenters. The normalized spacial score (nSPS) is 10.7. The molecule has 100 valence electrons. The van der Waals surface area contributed by atoms with Gasteiger partial charge in [0.25, 0.3) is 5.69 Å². The first-order chi connectivity index (χ1) is 9.63. The highest BCUT2D eigenvalue weighted by Gasteiger charge is 2.12. The maximum Gasteiger partial charge on any atom is 0.273 e. The van der Waals surface area contributed by atoms with Gasteiger partial charge in [0, 0.05) is 6.07 Å². The quantitative estimate of drug-likeness (QED) is 0.451. The maximum absolute atomic E-state index is 10.7. The number of hydrogen-bond donors (Lipinski definition) is 1. The molecule has 0 spiro atoms. The molecule has 3 aromatic rings. The Hall–Kier alpha value is -2.74. The van der Waals surface area contributed by atoms with Crippen molar-refractivity contribution >= 4 is 28.3 Å². The summed E-state index contributed by atoms with van der Waals surface area (Å²) >= 11 is 5.77. The smallest absolute Gasteiger partial charge is 0.273 e.